The lowest BCUT2D eigenvalue weighted by molar-refractivity contribution is 0.0920. The van der Waals surface area contributed by atoms with Crippen molar-refractivity contribution in [3.8, 4) is 0 Å². The van der Waals surface area contributed by atoms with Crippen LogP contribution in [0.15, 0.2) is 48.5 Å². The summed E-state index contributed by atoms with van der Waals surface area (Å²) >= 11 is 0. The number of carbonyl (C=O) groups is 2. The molecule has 0 unspecified atom stereocenters. The summed E-state index contributed by atoms with van der Waals surface area (Å²) in [5.41, 5.74) is 2.41. The van der Waals surface area contributed by atoms with E-state index in [-0.39, 0.29) is 17.4 Å². The van der Waals surface area contributed by atoms with Crippen molar-refractivity contribution in [1.29, 1.82) is 0 Å². The molecule has 0 aliphatic carbocycles. The second-order valence-corrected chi connectivity index (χ2v) is 9.38. The average Bonchev–Trinajstić information content (AvgIpc) is 2.67. The molecule has 0 radical (unpaired) electrons. The molecular formula is C25H33N3O2. The molecule has 0 saturated carbocycles. The average molecular weight is 408 g/mol. The molecule has 160 valence electrons. The maximum atomic E-state index is 12.8. The first kappa shape index (κ1) is 22.0. The van der Waals surface area contributed by atoms with Crippen molar-refractivity contribution >= 4 is 17.5 Å². The smallest absolute Gasteiger partial charge is 0.255 e. The third-order valence-corrected chi connectivity index (χ3v) is 5.27. The highest BCUT2D eigenvalue weighted by Gasteiger charge is 2.19. The number of piperidine rings is 1. The highest BCUT2D eigenvalue weighted by molar-refractivity contribution is 6.09. The first-order chi connectivity index (χ1) is 14.2. The molecule has 2 amide bonds. The molecule has 1 aliphatic rings. The van der Waals surface area contributed by atoms with E-state index in [0.717, 1.165) is 25.6 Å². The zero-order valence-corrected chi connectivity index (χ0v) is 18.5. The van der Waals surface area contributed by atoms with Crippen LogP contribution in [0.25, 0.3) is 0 Å². The van der Waals surface area contributed by atoms with E-state index < -0.39 is 0 Å². The van der Waals surface area contributed by atoms with Gasteiger partial charge in [-0.25, -0.2) is 0 Å². The van der Waals surface area contributed by atoms with Gasteiger partial charge in [-0.1, -0.05) is 31.2 Å². The molecule has 0 bridgehead atoms. The van der Waals surface area contributed by atoms with Gasteiger partial charge in [0.2, 0.25) is 0 Å². The molecule has 2 aromatic carbocycles. The molecule has 5 nitrogen and oxygen atoms in total. The molecule has 3 rings (SSSR count). The number of likely N-dealkylation sites (tertiary alicyclic amines) is 1. The predicted octanol–water partition coefficient (Wildman–Crippen LogP) is 4.70. The van der Waals surface area contributed by atoms with Crippen molar-refractivity contribution in [2.75, 3.05) is 18.4 Å². The van der Waals surface area contributed by atoms with Crippen LogP contribution in [-0.4, -0.2) is 35.3 Å². The molecule has 1 saturated heterocycles. The minimum Gasteiger partial charge on any atom is -0.347 e. The van der Waals surface area contributed by atoms with Crippen molar-refractivity contribution in [2.24, 2.45) is 5.92 Å². The summed E-state index contributed by atoms with van der Waals surface area (Å²) < 4.78 is 0. The van der Waals surface area contributed by atoms with Crippen LogP contribution in [0.2, 0.25) is 0 Å². The van der Waals surface area contributed by atoms with E-state index in [1.54, 1.807) is 18.2 Å². The van der Waals surface area contributed by atoms with E-state index in [2.05, 4.69) is 22.5 Å². The monoisotopic (exact) mass is 407 g/mol. The number of para-hydroxylation sites is 1. The molecule has 2 N–H and O–H groups in total. The number of carbonyl (C=O) groups excluding carboxylic acids is 2. The summed E-state index contributed by atoms with van der Waals surface area (Å²) in [7, 11) is 0. The second-order valence-electron chi connectivity index (χ2n) is 9.38. The Morgan fingerprint density at radius 2 is 1.73 bits per heavy atom. The molecule has 0 aromatic heterocycles. The number of benzene rings is 2. The Morgan fingerprint density at radius 1 is 1.03 bits per heavy atom. The van der Waals surface area contributed by atoms with Crippen LogP contribution in [0.3, 0.4) is 0 Å². The third-order valence-electron chi connectivity index (χ3n) is 5.27. The fraction of sp³-hybridized carbons (Fsp3) is 0.440. The van der Waals surface area contributed by atoms with Crippen LogP contribution in [0.4, 0.5) is 5.69 Å². The maximum absolute atomic E-state index is 12.8. The normalized spacial score (nSPS) is 17.4. The predicted molar refractivity (Wildman–Crippen MR) is 122 cm³/mol. The number of anilines is 1. The van der Waals surface area contributed by atoms with E-state index in [9.17, 15) is 9.59 Å². The molecule has 0 spiro atoms. The molecule has 2 aromatic rings. The molecule has 1 heterocycles. The Kier molecular flexibility index (Phi) is 6.93. The SMILES string of the molecule is C[C@@H]1CCCN(Cc2ccc(C(=O)Nc3ccccc3C(=O)NC(C)(C)C)cc2)C1. The summed E-state index contributed by atoms with van der Waals surface area (Å²) in [5, 5.41) is 5.83. The van der Waals surface area contributed by atoms with Gasteiger partial charge in [-0.3, -0.25) is 14.5 Å². The van der Waals surface area contributed by atoms with Crippen molar-refractivity contribution in [3.63, 3.8) is 0 Å². The van der Waals surface area contributed by atoms with Crippen LogP contribution in [-0.2, 0) is 6.54 Å². The Labute approximate surface area is 179 Å². The first-order valence-electron chi connectivity index (χ1n) is 10.8. The number of hydrogen-bond donors (Lipinski definition) is 2. The van der Waals surface area contributed by atoms with Gasteiger partial charge in [0, 0.05) is 24.2 Å². The van der Waals surface area contributed by atoms with Gasteiger partial charge in [0.05, 0.1) is 11.3 Å². The molecule has 1 atom stereocenters. The molecule has 30 heavy (non-hydrogen) atoms. The zero-order valence-electron chi connectivity index (χ0n) is 18.5. The topological polar surface area (TPSA) is 61.4 Å². The fourth-order valence-corrected chi connectivity index (χ4v) is 3.84. The van der Waals surface area contributed by atoms with Crippen molar-refractivity contribution in [2.45, 2.75) is 52.6 Å². The van der Waals surface area contributed by atoms with Crippen LogP contribution in [0, 0.1) is 5.92 Å². The second kappa shape index (κ2) is 9.43. The third kappa shape index (κ3) is 6.17. The van der Waals surface area contributed by atoms with E-state index in [1.165, 1.54) is 18.4 Å². The Balaban J connectivity index is 1.66. The standard InChI is InChI=1S/C25H33N3O2/c1-18-8-7-15-28(16-18)17-19-11-13-20(14-12-19)23(29)26-22-10-6-5-9-21(22)24(30)27-25(2,3)4/h5-6,9-14,18H,7-8,15-17H2,1-4H3,(H,26,29)(H,27,30)/t18-/m1/s1. The van der Waals surface area contributed by atoms with Crippen LogP contribution in [0.5, 0.6) is 0 Å². The first-order valence-corrected chi connectivity index (χ1v) is 10.8. The van der Waals surface area contributed by atoms with Crippen LogP contribution in [0.1, 0.15) is 66.8 Å². The van der Waals surface area contributed by atoms with Crippen molar-refractivity contribution in [1.82, 2.24) is 10.2 Å². The zero-order chi connectivity index (χ0) is 21.7. The highest BCUT2D eigenvalue weighted by atomic mass is 16.2. The summed E-state index contributed by atoms with van der Waals surface area (Å²) in [5.74, 6) is 0.327. The number of hydrogen-bond acceptors (Lipinski definition) is 3. The van der Waals surface area contributed by atoms with Gasteiger partial charge < -0.3 is 10.6 Å². The lowest BCUT2D eigenvalue weighted by atomic mass is 9.99. The summed E-state index contributed by atoms with van der Waals surface area (Å²) in [4.78, 5) is 27.8. The van der Waals surface area contributed by atoms with Crippen LogP contribution < -0.4 is 10.6 Å². The minimum atomic E-state index is -0.351. The highest BCUT2D eigenvalue weighted by Crippen LogP contribution is 2.20. The fourth-order valence-electron chi connectivity index (χ4n) is 3.84. The summed E-state index contributed by atoms with van der Waals surface area (Å²) in [6.07, 6.45) is 2.56. The number of nitrogens with one attached hydrogen (secondary N) is 2. The van der Waals surface area contributed by atoms with E-state index in [4.69, 9.17) is 0 Å². The summed E-state index contributed by atoms with van der Waals surface area (Å²) in [6.45, 7) is 11.3. The lowest BCUT2D eigenvalue weighted by Gasteiger charge is -2.30. The molecule has 5 heteroatoms. The minimum absolute atomic E-state index is 0.204. The Bertz CT molecular complexity index is 884. The number of amides is 2. The van der Waals surface area contributed by atoms with E-state index in [1.807, 2.05) is 51.1 Å². The van der Waals surface area contributed by atoms with Crippen LogP contribution >= 0.6 is 0 Å². The Morgan fingerprint density at radius 3 is 2.40 bits per heavy atom. The number of nitrogens with zero attached hydrogens (tertiary/aromatic N) is 1. The lowest BCUT2D eigenvalue weighted by Crippen LogP contribution is -2.40. The van der Waals surface area contributed by atoms with E-state index in [0.29, 0.717) is 16.8 Å². The van der Waals surface area contributed by atoms with Gasteiger partial charge in [0.25, 0.3) is 11.8 Å². The molecular weight excluding hydrogens is 374 g/mol. The number of rotatable bonds is 5. The van der Waals surface area contributed by atoms with Gasteiger partial charge in [-0.05, 0) is 75.9 Å². The van der Waals surface area contributed by atoms with Gasteiger partial charge in [-0.15, -0.1) is 0 Å². The maximum Gasteiger partial charge on any atom is 0.255 e. The molecule has 1 aliphatic heterocycles. The molecule has 1 fully saturated rings. The van der Waals surface area contributed by atoms with Gasteiger partial charge in [-0.2, -0.15) is 0 Å². The Hall–Kier alpha value is -2.66. The summed E-state index contributed by atoms with van der Waals surface area (Å²) in [6, 6.07) is 14.8. The van der Waals surface area contributed by atoms with Gasteiger partial charge in [0.1, 0.15) is 0 Å². The quantitative estimate of drug-likeness (QED) is 0.755. The van der Waals surface area contributed by atoms with Gasteiger partial charge in [0.15, 0.2) is 0 Å². The largest absolute Gasteiger partial charge is 0.347 e. The van der Waals surface area contributed by atoms with Crippen molar-refractivity contribution < 1.29 is 9.59 Å². The van der Waals surface area contributed by atoms with E-state index >= 15 is 0 Å². The van der Waals surface area contributed by atoms with Crippen molar-refractivity contribution in [3.05, 3.63) is 65.2 Å². The van der Waals surface area contributed by atoms with Gasteiger partial charge >= 0.3 is 0 Å².